The van der Waals surface area contributed by atoms with Crippen LogP contribution in [-0.4, -0.2) is 27.7 Å². The van der Waals surface area contributed by atoms with Crippen LogP contribution < -0.4 is 5.32 Å². The number of aromatic nitrogens is 1. The van der Waals surface area contributed by atoms with Crippen LogP contribution in [-0.2, 0) is 7.05 Å². The molecule has 1 aromatic rings. The number of aliphatic hydroxyl groups excluding tert-OH is 1. The summed E-state index contributed by atoms with van der Waals surface area (Å²) in [5.74, 6) is -0.125. The van der Waals surface area contributed by atoms with E-state index in [9.17, 15) is 4.79 Å². The molecule has 0 spiro atoms. The molecule has 1 aliphatic rings. The highest BCUT2D eigenvalue weighted by atomic mass is 35.5. The van der Waals surface area contributed by atoms with E-state index < -0.39 is 0 Å². The number of nitrogens with zero attached hydrogens (tertiary/aromatic N) is 1. The molecule has 1 aliphatic carbocycles. The number of halogens is 1. The van der Waals surface area contributed by atoms with Gasteiger partial charge in [-0.3, -0.25) is 4.79 Å². The molecule has 0 bridgehead atoms. The molecule has 0 unspecified atom stereocenters. The zero-order chi connectivity index (χ0) is 11.8. The number of aryl methyl sites for hydroxylation is 1. The van der Waals surface area contributed by atoms with Gasteiger partial charge in [-0.2, -0.15) is 0 Å². The van der Waals surface area contributed by atoms with Crippen molar-refractivity contribution in [2.75, 3.05) is 6.61 Å². The molecule has 0 aromatic carbocycles. The first-order valence-electron chi connectivity index (χ1n) is 5.32. The molecule has 4 nitrogen and oxygen atoms in total. The zero-order valence-corrected chi connectivity index (χ0v) is 9.92. The summed E-state index contributed by atoms with van der Waals surface area (Å²) in [6.07, 6.45) is 4.20. The first kappa shape index (κ1) is 11.5. The Balaban J connectivity index is 2.06. The fourth-order valence-corrected chi connectivity index (χ4v) is 2.11. The van der Waals surface area contributed by atoms with E-state index in [2.05, 4.69) is 5.32 Å². The lowest BCUT2D eigenvalue weighted by molar-refractivity contribution is 0.0915. The number of amides is 1. The first-order valence-corrected chi connectivity index (χ1v) is 5.69. The van der Waals surface area contributed by atoms with Gasteiger partial charge in [-0.25, -0.2) is 0 Å². The molecule has 88 valence electrons. The summed E-state index contributed by atoms with van der Waals surface area (Å²) in [5, 5.41) is 12.4. The smallest absolute Gasteiger partial charge is 0.268 e. The second kappa shape index (κ2) is 4.11. The summed E-state index contributed by atoms with van der Waals surface area (Å²) in [5.41, 5.74) is 0.372. The molecular weight excluding hydrogens is 228 g/mol. The second-order valence-electron chi connectivity index (χ2n) is 4.36. The van der Waals surface area contributed by atoms with Crippen LogP contribution in [0.4, 0.5) is 0 Å². The van der Waals surface area contributed by atoms with Gasteiger partial charge in [0.1, 0.15) is 5.69 Å². The van der Waals surface area contributed by atoms with Crippen LogP contribution in [0, 0.1) is 0 Å². The summed E-state index contributed by atoms with van der Waals surface area (Å²) in [6.45, 7) is 0.105. The molecule has 1 aromatic heterocycles. The number of hydrogen-bond donors (Lipinski definition) is 2. The van der Waals surface area contributed by atoms with E-state index in [1.807, 2.05) is 0 Å². The minimum atomic E-state index is -0.178. The summed E-state index contributed by atoms with van der Waals surface area (Å²) >= 11 is 5.82. The van der Waals surface area contributed by atoms with Crippen LogP contribution in [0.15, 0.2) is 12.3 Å². The third kappa shape index (κ3) is 2.23. The topological polar surface area (TPSA) is 54.3 Å². The SMILES string of the molecule is Cn1cc(Cl)cc1C(=O)NC1(CCO)CC1. The predicted molar refractivity (Wildman–Crippen MR) is 61.6 cm³/mol. The molecule has 1 amide bonds. The highest BCUT2D eigenvalue weighted by molar-refractivity contribution is 6.31. The van der Waals surface area contributed by atoms with Crippen LogP contribution in [0.1, 0.15) is 29.8 Å². The van der Waals surface area contributed by atoms with Crippen LogP contribution in [0.5, 0.6) is 0 Å². The quantitative estimate of drug-likeness (QED) is 0.837. The Bertz CT molecular complexity index is 410. The number of carbonyl (C=O) groups is 1. The minimum Gasteiger partial charge on any atom is -0.396 e. The highest BCUT2D eigenvalue weighted by Gasteiger charge is 2.43. The van der Waals surface area contributed by atoms with Crippen molar-refractivity contribution in [3.63, 3.8) is 0 Å². The Morgan fingerprint density at radius 3 is 2.81 bits per heavy atom. The van der Waals surface area contributed by atoms with Gasteiger partial charge in [0.15, 0.2) is 0 Å². The number of rotatable bonds is 4. The third-order valence-corrected chi connectivity index (χ3v) is 3.23. The van der Waals surface area contributed by atoms with Crippen LogP contribution in [0.2, 0.25) is 5.02 Å². The molecule has 1 saturated carbocycles. The van der Waals surface area contributed by atoms with E-state index in [4.69, 9.17) is 16.7 Å². The normalized spacial score (nSPS) is 17.2. The number of aliphatic hydroxyl groups is 1. The Morgan fingerprint density at radius 1 is 1.69 bits per heavy atom. The molecule has 2 N–H and O–H groups in total. The molecule has 0 radical (unpaired) electrons. The van der Waals surface area contributed by atoms with Crippen molar-refractivity contribution >= 4 is 17.5 Å². The predicted octanol–water partition coefficient (Wildman–Crippen LogP) is 1.32. The largest absolute Gasteiger partial charge is 0.396 e. The lowest BCUT2D eigenvalue weighted by Gasteiger charge is -2.16. The van der Waals surface area contributed by atoms with Crippen molar-refractivity contribution < 1.29 is 9.90 Å². The summed E-state index contributed by atoms with van der Waals surface area (Å²) in [7, 11) is 1.78. The van der Waals surface area contributed by atoms with Gasteiger partial charge in [0.2, 0.25) is 0 Å². The number of nitrogens with one attached hydrogen (secondary N) is 1. The Kier molecular flexibility index (Phi) is 2.95. The van der Waals surface area contributed by atoms with Crippen molar-refractivity contribution in [1.29, 1.82) is 0 Å². The standard InChI is InChI=1S/C11H15ClN2O2/c1-14-7-8(12)6-9(14)10(16)13-11(2-3-11)4-5-15/h6-7,15H,2-5H2,1H3,(H,13,16). The molecule has 1 fully saturated rings. The van der Waals surface area contributed by atoms with Gasteiger partial charge in [0.05, 0.1) is 5.02 Å². The number of hydrogen-bond acceptors (Lipinski definition) is 2. The van der Waals surface area contributed by atoms with E-state index in [-0.39, 0.29) is 18.1 Å². The maximum atomic E-state index is 11.9. The third-order valence-electron chi connectivity index (χ3n) is 3.03. The maximum Gasteiger partial charge on any atom is 0.268 e. The summed E-state index contributed by atoms with van der Waals surface area (Å²) in [6, 6.07) is 1.64. The van der Waals surface area contributed by atoms with E-state index in [0.29, 0.717) is 17.1 Å². The number of carbonyl (C=O) groups excluding carboxylic acids is 1. The van der Waals surface area contributed by atoms with E-state index in [0.717, 1.165) is 12.8 Å². The molecule has 0 aliphatic heterocycles. The average molecular weight is 243 g/mol. The summed E-state index contributed by atoms with van der Waals surface area (Å²) < 4.78 is 1.70. The van der Waals surface area contributed by atoms with Crippen molar-refractivity contribution in [1.82, 2.24) is 9.88 Å². The Morgan fingerprint density at radius 2 is 2.38 bits per heavy atom. The van der Waals surface area contributed by atoms with Gasteiger partial charge in [0, 0.05) is 25.4 Å². The maximum absolute atomic E-state index is 11.9. The zero-order valence-electron chi connectivity index (χ0n) is 9.16. The Labute approximate surface area is 99.2 Å². The molecule has 0 saturated heterocycles. The molecular formula is C11H15ClN2O2. The minimum absolute atomic E-state index is 0.105. The van der Waals surface area contributed by atoms with E-state index in [1.54, 1.807) is 23.9 Å². The lowest BCUT2D eigenvalue weighted by Crippen LogP contribution is -2.38. The van der Waals surface area contributed by atoms with Crippen molar-refractivity contribution in [2.45, 2.75) is 24.8 Å². The monoisotopic (exact) mass is 242 g/mol. The van der Waals surface area contributed by atoms with Gasteiger partial charge in [-0.1, -0.05) is 11.6 Å². The van der Waals surface area contributed by atoms with Crippen LogP contribution in [0.3, 0.4) is 0 Å². The molecule has 0 atom stereocenters. The van der Waals surface area contributed by atoms with Gasteiger partial charge >= 0.3 is 0 Å². The van der Waals surface area contributed by atoms with E-state index in [1.165, 1.54) is 0 Å². The fraction of sp³-hybridized carbons (Fsp3) is 0.545. The van der Waals surface area contributed by atoms with Crippen molar-refractivity contribution in [2.24, 2.45) is 7.05 Å². The molecule has 2 rings (SSSR count). The lowest BCUT2D eigenvalue weighted by atomic mass is 10.2. The van der Waals surface area contributed by atoms with Crippen molar-refractivity contribution in [3.05, 3.63) is 23.0 Å². The molecule has 5 heteroatoms. The first-order chi connectivity index (χ1) is 7.56. The van der Waals surface area contributed by atoms with Gasteiger partial charge in [-0.15, -0.1) is 0 Å². The van der Waals surface area contributed by atoms with E-state index >= 15 is 0 Å². The van der Waals surface area contributed by atoms with Crippen LogP contribution in [0.25, 0.3) is 0 Å². The van der Waals surface area contributed by atoms with Gasteiger partial charge < -0.3 is 15.0 Å². The molecule has 16 heavy (non-hydrogen) atoms. The molecule has 1 heterocycles. The summed E-state index contributed by atoms with van der Waals surface area (Å²) in [4.78, 5) is 11.9. The fourth-order valence-electron chi connectivity index (χ4n) is 1.86. The average Bonchev–Trinajstić information content (AvgIpc) is 2.85. The Hall–Kier alpha value is -1.00. The van der Waals surface area contributed by atoms with Gasteiger partial charge in [-0.05, 0) is 25.3 Å². The second-order valence-corrected chi connectivity index (χ2v) is 4.80. The van der Waals surface area contributed by atoms with Gasteiger partial charge in [0.25, 0.3) is 5.91 Å². The van der Waals surface area contributed by atoms with Crippen molar-refractivity contribution in [3.8, 4) is 0 Å². The highest BCUT2D eigenvalue weighted by Crippen LogP contribution is 2.38. The van der Waals surface area contributed by atoms with Crippen LogP contribution >= 0.6 is 11.6 Å².